The van der Waals surface area contributed by atoms with Crippen molar-refractivity contribution in [3.05, 3.63) is 44.3 Å². The van der Waals surface area contributed by atoms with Crippen LogP contribution in [0, 0.1) is 6.92 Å². The second-order valence-corrected chi connectivity index (χ2v) is 9.12. The summed E-state index contributed by atoms with van der Waals surface area (Å²) in [5, 5.41) is 3.60. The highest BCUT2D eigenvalue weighted by atomic mass is 32.2. The summed E-state index contributed by atoms with van der Waals surface area (Å²) in [6.45, 7) is 2.18. The fraction of sp³-hybridized carbons (Fsp3) is 0.143. The first-order chi connectivity index (χ1) is 8.78. The van der Waals surface area contributed by atoms with Crippen molar-refractivity contribution in [1.29, 1.82) is 0 Å². The number of aryl methyl sites for hydroxylation is 1. The highest BCUT2D eigenvalue weighted by Gasteiger charge is 2.08. The van der Waals surface area contributed by atoms with Crippen molar-refractivity contribution in [1.82, 2.24) is 0 Å². The second kappa shape index (κ2) is 4.17. The summed E-state index contributed by atoms with van der Waals surface area (Å²) in [5.41, 5.74) is 0. The number of fused-ring (bicyclic) bond motifs is 2. The predicted octanol–water partition coefficient (Wildman–Crippen LogP) is 6.14. The molecule has 0 fully saturated rings. The monoisotopic (exact) mass is 306 g/mol. The molecule has 0 aliphatic heterocycles. The van der Waals surface area contributed by atoms with E-state index in [2.05, 4.69) is 36.6 Å². The van der Waals surface area contributed by atoms with Crippen molar-refractivity contribution in [2.45, 2.75) is 13.3 Å². The van der Waals surface area contributed by atoms with E-state index in [1.54, 1.807) is 0 Å². The third-order valence-electron chi connectivity index (χ3n) is 2.93. The first kappa shape index (κ1) is 11.2. The molecule has 4 aromatic rings. The van der Waals surface area contributed by atoms with Crippen LogP contribution in [-0.4, -0.2) is 0 Å². The summed E-state index contributed by atoms with van der Waals surface area (Å²) < 4.78 is 4.34. The van der Waals surface area contributed by atoms with Crippen LogP contribution >= 0.6 is 45.3 Å². The van der Waals surface area contributed by atoms with Crippen LogP contribution in [0.5, 0.6) is 0 Å². The second-order valence-electron chi connectivity index (χ2n) is 4.35. The number of rotatable bonds is 2. The Morgan fingerprint density at radius 3 is 2.67 bits per heavy atom. The largest absolute Gasteiger partial charge is 0.143 e. The predicted molar refractivity (Wildman–Crippen MR) is 86.9 cm³/mol. The zero-order chi connectivity index (χ0) is 12.1. The van der Waals surface area contributed by atoms with Gasteiger partial charge in [0.1, 0.15) is 0 Å². The van der Waals surface area contributed by atoms with Gasteiger partial charge in [0, 0.05) is 35.8 Å². The van der Waals surface area contributed by atoms with Crippen molar-refractivity contribution in [2.75, 3.05) is 0 Å². The lowest BCUT2D eigenvalue weighted by Gasteiger charge is -1.91. The van der Waals surface area contributed by atoms with E-state index in [4.69, 9.17) is 0 Å². The van der Waals surface area contributed by atoms with Gasteiger partial charge in [0.15, 0.2) is 0 Å². The van der Waals surface area contributed by atoms with Gasteiger partial charge in [0.25, 0.3) is 0 Å². The average Bonchev–Trinajstić information content (AvgIpc) is 2.96. The molecule has 0 amide bonds. The minimum Gasteiger partial charge on any atom is -0.143 e. The van der Waals surface area contributed by atoms with Gasteiger partial charge >= 0.3 is 0 Å². The molecule has 0 saturated heterocycles. The van der Waals surface area contributed by atoms with E-state index in [0.29, 0.717) is 0 Å². The zero-order valence-corrected chi connectivity index (χ0v) is 13.0. The van der Waals surface area contributed by atoms with E-state index in [9.17, 15) is 0 Å². The molecule has 4 heterocycles. The summed E-state index contributed by atoms with van der Waals surface area (Å²) in [6.07, 6.45) is 1.09. The molecular formula is C14H10S4. The lowest BCUT2D eigenvalue weighted by Crippen LogP contribution is -1.76. The summed E-state index contributed by atoms with van der Waals surface area (Å²) >= 11 is 7.65. The summed E-state index contributed by atoms with van der Waals surface area (Å²) in [5.74, 6) is 0. The summed E-state index contributed by atoms with van der Waals surface area (Å²) in [4.78, 5) is 4.40. The maximum absolute atomic E-state index is 2.36. The Morgan fingerprint density at radius 1 is 0.944 bits per heavy atom. The fourth-order valence-corrected chi connectivity index (χ4v) is 6.91. The molecule has 0 N–H and O–H groups in total. The molecule has 4 heteroatoms. The van der Waals surface area contributed by atoms with Crippen molar-refractivity contribution in [3.8, 4) is 0 Å². The highest BCUT2D eigenvalue weighted by molar-refractivity contribution is 7.38. The van der Waals surface area contributed by atoms with Gasteiger partial charge in [-0.05, 0) is 36.6 Å². The van der Waals surface area contributed by atoms with Crippen molar-refractivity contribution >= 4 is 64.1 Å². The van der Waals surface area contributed by atoms with E-state index in [1.807, 2.05) is 45.3 Å². The molecule has 4 aromatic heterocycles. The Balaban J connectivity index is 1.70. The Labute approximate surface area is 121 Å². The summed E-state index contributed by atoms with van der Waals surface area (Å²) in [6, 6.07) is 9.23. The van der Waals surface area contributed by atoms with Gasteiger partial charge in [-0.2, -0.15) is 0 Å². The van der Waals surface area contributed by atoms with Crippen molar-refractivity contribution in [2.24, 2.45) is 0 Å². The first-order valence-corrected chi connectivity index (χ1v) is 9.05. The molecule has 0 bridgehead atoms. The lowest BCUT2D eigenvalue weighted by atomic mass is 10.2. The number of hydrogen-bond donors (Lipinski definition) is 0. The molecule has 0 nitrogen and oxygen atoms in total. The summed E-state index contributed by atoms with van der Waals surface area (Å²) in [7, 11) is 0. The third kappa shape index (κ3) is 1.84. The Kier molecular flexibility index (Phi) is 2.59. The highest BCUT2D eigenvalue weighted by Crippen LogP contribution is 2.36. The minimum atomic E-state index is 1.09. The van der Waals surface area contributed by atoms with Crippen LogP contribution in [-0.2, 0) is 6.42 Å². The van der Waals surface area contributed by atoms with Crippen molar-refractivity contribution in [3.63, 3.8) is 0 Å². The van der Waals surface area contributed by atoms with Gasteiger partial charge in [-0.25, -0.2) is 0 Å². The van der Waals surface area contributed by atoms with Crippen LogP contribution in [0.3, 0.4) is 0 Å². The molecule has 0 atom stereocenters. The first-order valence-electron chi connectivity index (χ1n) is 5.73. The molecule has 0 aliphatic rings. The van der Waals surface area contributed by atoms with E-state index < -0.39 is 0 Å². The number of hydrogen-bond acceptors (Lipinski definition) is 4. The van der Waals surface area contributed by atoms with Gasteiger partial charge in [0.05, 0.1) is 4.01 Å². The lowest BCUT2D eigenvalue weighted by molar-refractivity contribution is 1.31. The van der Waals surface area contributed by atoms with Gasteiger partial charge in [0.2, 0.25) is 0 Å². The Hall–Kier alpha value is -0.680. The standard InChI is InChI=1S/C14H10S4/c1-8-4-9-5-10(18-14(9)16-8)6-11-7-13-12(17-11)2-3-15-13/h2-5,7H,6H2,1H3. The molecule has 90 valence electrons. The van der Waals surface area contributed by atoms with Crippen LogP contribution in [0.2, 0.25) is 0 Å². The van der Waals surface area contributed by atoms with Gasteiger partial charge < -0.3 is 0 Å². The quantitative estimate of drug-likeness (QED) is 0.417. The normalized spacial score (nSPS) is 11.8. The van der Waals surface area contributed by atoms with Crippen LogP contribution in [0.4, 0.5) is 0 Å². The molecule has 0 radical (unpaired) electrons. The van der Waals surface area contributed by atoms with Gasteiger partial charge in [-0.3, -0.25) is 0 Å². The molecule has 4 rings (SSSR count). The van der Waals surface area contributed by atoms with Crippen molar-refractivity contribution < 1.29 is 0 Å². The molecule has 0 aliphatic carbocycles. The average molecular weight is 307 g/mol. The third-order valence-corrected chi connectivity index (χ3v) is 7.33. The van der Waals surface area contributed by atoms with Crippen LogP contribution < -0.4 is 0 Å². The van der Waals surface area contributed by atoms with E-state index in [1.165, 1.54) is 33.4 Å². The Morgan fingerprint density at radius 2 is 1.83 bits per heavy atom. The van der Waals surface area contributed by atoms with E-state index in [0.717, 1.165) is 6.42 Å². The maximum atomic E-state index is 2.36. The molecule has 0 saturated carbocycles. The fourth-order valence-electron chi connectivity index (χ4n) is 2.18. The topological polar surface area (TPSA) is 0 Å². The number of thiophene rings is 4. The van der Waals surface area contributed by atoms with Crippen LogP contribution in [0.25, 0.3) is 18.8 Å². The Bertz CT molecular complexity index is 764. The maximum Gasteiger partial charge on any atom is 0.0870 e. The molecule has 0 unspecified atom stereocenters. The van der Waals surface area contributed by atoms with Crippen LogP contribution in [0.15, 0.2) is 29.6 Å². The molecular weight excluding hydrogens is 296 g/mol. The van der Waals surface area contributed by atoms with Gasteiger partial charge in [-0.1, -0.05) is 0 Å². The van der Waals surface area contributed by atoms with Crippen LogP contribution in [0.1, 0.15) is 14.6 Å². The van der Waals surface area contributed by atoms with E-state index >= 15 is 0 Å². The zero-order valence-electron chi connectivity index (χ0n) is 9.73. The molecule has 0 aromatic carbocycles. The molecule has 0 spiro atoms. The smallest absolute Gasteiger partial charge is 0.0870 e. The molecule has 18 heavy (non-hydrogen) atoms. The van der Waals surface area contributed by atoms with E-state index in [-0.39, 0.29) is 0 Å². The minimum absolute atomic E-state index is 1.09. The SMILES string of the molecule is Cc1cc2cc(Cc3cc4sccc4s3)sc2s1. The van der Waals surface area contributed by atoms with Gasteiger partial charge in [-0.15, -0.1) is 45.3 Å².